The zero-order valence-electron chi connectivity index (χ0n) is 10.4. The van der Waals surface area contributed by atoms with E-state index in [1.54, 1.807) is 7.11 Å². The van der Waals surface area contributed by atoms with Gasteiger partial charge in [-0.2, -0.15) is 0 Å². The number of hydrogen-bond acceptors (Lipinski definition) is 2. The van der Waals surface area contributed by atoms with Gasteiger partial charge in [-0.15, -0.1) is 0 Å². The van der Waals surface area contributed by atoms with E-state index in [4.69, 9.17) is 4.74 Å². The van der Waals surface area contributed by atoms with Gasteiger partial charge in [-0.25, -0.2) is 0 Å². The molecule has 2 nitrogen and oxygen atoms in total. The number of nitrogens with one attached hydrogen (secondary N) is 1. The van der Waals surface area contributed by atoms with Gasteiger partial charge in [-0.3, -0.25) is 0 Å². The van der Waals surface area contributed by atoms with Gasteiger partial charge in [-0.05, 0) is 43.4 Å². The van der Waals surface area contributed by atoms with Crippen LogP contribution in [-0.2, 0) is 0 Å². The molecule has 88 valence electrons. The van der Waals surface area contributed by atoms with E-state index in [9.17, 15) is 0 Å². The van der Waals surface area contributed by atoms with E-state index >= 15 is 0 Å². The molecule has 0 aliphatic heterocycles. The van der Waals surface area contributed by atoms with Crippen molar-refractivity contribution >= 4 is 0 Å². The molecule has 1 aliphatic rings. The van der Waals surface area contributed by atoms with Gasteiger partial charge in [0.1, 0.15) is 5.75 Å². The molecule has 0 amide bonds. The summed E-state index contributed by atoms with van der Waals surface area (Å²) in [5.74, 6) is 1.83. The molecule has 0 spiro atoms. The van der Waals surface area contributed by atoms with Crippen molar-refractivity contribution in [1.82, 2.24) is 5.32 Å². The predicted molar refractivity (Wildman–Crippen MR) is 66.7 cm³/mol. The normalized spacial score (nSPS) is 25.9. The summed E-state index contributed by atoms with van der Waals surface area (Å²) in [7, 11) is 1.70. The minimum atomic E-state index is 0.434. The van der Waals surface area contributed by atoms with Crippen LogP contribution in [0.1, 0.15) is 38.3 Å². The van der Waals surface area contributed by atoms with E-state index in [1.165, 1.54) is 18.4 Å². The van der Waals surface area contributed by atoms with Crippen molar-refractivity contribution in [2.24, 2.45) is 5.92 Å². The van der Waals surface area contributed by atoms with Crippen molar-refractivity contribution in [2.45, 2.75) is 38.8 Å². The molecular formula is C14H21NO. The molecule has 0 radical (unpaired) electrons. The maximum absolute atomic E-state index is 5.16. The Morgan fingerprint density at radius 2 is 1.88 bits per heavy atom. The lowest BCUT2D eigenvalue weighted by Gasteiger charge is -2.35. The Hall–Kier alpha value is -1.02. The summed E-state index contributed by atoms with van der Waals surface area (Å²) in [4.78, 5) is 0. The average molecular weight is 219 g/mol. The second kappa shape index (κ2) is 4.88. The maximum Gasteiger partial charge on any atom is 0.118 e. The minimum absolute atomic E-state index is 0.434. The van der Waals surface area contributed by atoms with Crippen LogP contribution in [0, 0.1) is 5.92 Å². The summed E-state index contributed by atoms with van der Waals surface area (Å²) in [5.41, 5.74) is 1.33. The molecule has 1 aromatic rings. The van der Waals surface area contributed by atoms with Gasteiger partial charge in [0.15, 0.2) is 0 Å². The lowest BCUT2D eigenvalue weighted by molar-refractivity contribution is 0.226. The van der Waals surface area contributed by atoms with Crippen LogP contribution < -0.4 is 10.1 Å². The van der Waals surface area contributed by atoms with Crippen molar-refractivity contribution < 1.29 is 4.74 Å². The minimum Gasteiger partial charge on any atom is -0.497 e. The first-order valence-electron chi connectivity index (χ1n) is 6.09. The first-order valence-corrected chi connectivity index (χ1v) is 6.09. The van der Waals surface area contributed by atoms with Gasteiger partial charge in [0, 0.05) is 12.1 Å². The molecule has 2 rings (SSSR count). The predicted octanol–water partition coefficient (Wildman–Crippen LogP) is 3.14. The molecule has 1 atom stereocenters. The first-order chi connectivity index (χ1) is 7.69. The number of hydrogen-bond donors (Lipinski definition) is 1. The van der Waals surface area contributed by atoms with Crippen LogP contribution in [0.2, 0.25) is 0 Å². The largest absolute Gasteiger partial charge is 0.497 e. The molecule has 1 fully saturated rings. The molecular weight excluding hydrogens is 198 g/mol. The second-order valence-electron chi connectivity index (χ2n) is 4.94. The van der Waals surface area contributed by atoms with Crippen LogP contribution in [0.3, 0.4) is 0 Å². The fourth-order valence-corrected chi connectivity index (χ4v) is 2.38. The molecule has 1 aliphatic carbocycles. The molecule has 0 heterocycles. The van der Waals surface area contributed by atoms with Crippen molar-refractivity contribution in [2.75, 3.05) is 7.11 Å². The van der Waals surface area contributed by atoms with E-state index in [-0.39, 0.29) is 0 Å². The topological polar surface area (TPSA) is 21.3 Å². The molecule has 1 N–H and O–H groups in total. The lowest BCUT2D eigenvalue weighted by Crippen LogP contribution is -2.41. The Morgan fingerprint density at radius 3 is 2.38 bits per heavy atom. The van der Waals surface area contributed by atoms with E-state index in [0.29, 0.717) is 12.1 Å². The van der Waals surface area contributed by atoms with Crippen LogP contribution in [0.15, 0.2) is 24.3 Å². The number of ether oxygens (including phenoxy) is 1. The van der Waals surface area contributed by atoms with Crippen LogP contribution in [0.25, 0.3) is 0 Å². The van der Waals surface area contributed by atoms with Crippen LogP contribution in [-0.4, -0.2) is 13.2 Å². The van der Waals surface area contributed by atoms with Crippen molar-refractivity contribution in [3.05, 3.63) is 29.8 Å². The molecule has 16 heavy (non-hydrogen) atoms. The summed E-state index contributed by atoms with van der Waals surface area (Å²) in [6.45, 7) is 4.54. The summed E-state index contributed by atoms with van der Waals surface area (Å²) in [6, 6.07) is 9.47. The molecule has 1 saturated carbocycles. The van der Waals surface area contributed by atoms with Gasteiger partial charge < -0.3 is 10.1 Å². The van der Waals surface area contributed by atoms with Crippen LogP contribution >= 0.6 is 0 Å². The Morgan fingerprint density at radius 1 is 1.25 bits per heavy atom. The third-order valence-electron chi connectivity index (χ3n) is 3.48. The van der Waals surface area contributed by atoms with Gasteiger partial charge >= 0.3 is 0 Å². The van der Waals surface area contributed by atoms with Crippen molar-refractivity contribution in [3.63, 3.8) is 0 Å². The SMILES string of the molecule is COc1ccc(C(C)NC2CC(C)C2)cc1. The zero-order valence-corrected chi connectivity index (χ0v) is 10.4. The third kappa shape index (κ3) is 2.56. The summed E-state index contributed by atoms with van der Waals surface area (Å²) in [5, 5.41) is 3.66. The Bertz CT molecular complexity index is 327. The van der Waals surface area contributed by atoms with Gasteiger partial charge in [-0.1, -0.05) is 19.1 Å². The third-order valence-corrected chi connectivity index (χ3v) is 3.48. The molecule has 0 aromatic heterocycles. The number of methoxy groups -OCH3 is 1. The Labute approximate surface area is 98.0 Å². The summed E-state index contributed by atoms with van der Waals surface area (Å²) in [6.07, 6.45) is 2.64. The number of rotatable bonds is 4. The van der Waals surface area contributed by atoms with Gasteiger partial charge in [0.2, 0.25) is 0 Å². The molecule has 0 bridgehead atoms. The molecule has 2 heteroatoms. The van der Waals surface area contributed by atoms with E-state index < -0.39 is 0 Å². The fourth-order valence-electron chi connectivity index (χ4n) is 2.38. The molecule has 1 aromatic carbocycles. The van der Waals surface area contributed by atoms with Crippen molar-refractivity contribution in [1.29, 1.82) is 0 Å². The van der Waals surface area contributed by atoms with E-state index in [2.05, 4.69) is 31.3 Å². The highest BCUT2D eigenvalue weighted by Crippen LogP contribution is 2.28. The fraction of sp³-hybridized carbons (Fsp3) is 0.571. The Balaban J connectivity index is 1.90. The maximum atomic E-state index is 5.16. The summed E-state index contributed by atoms with van der Waals surface area (Å²) < 4.78 is 5.16. The van der Waals surface area contributed by atoms with Crippen LogP contribution in [0.4, 0.5) is 0 Å². The summed E-state index contributed by atoms with van der Waals surface area (Å²) >= 11 is 0. The average Bonchev–Trinajstić information content (AvgIpc) is 2.27. The highest BCUT2D eigenvalue weighted by Gasteiger charge is 2.26. The van der Waals surface area contributed by atoms with Crippen molar-refractivity contribution in [3.8, 4) is 5.75 Å². The van der Waals surface area contributed by atoms with Crippen LogP contribution in [0.5, 0.6) is 5.75 Å². The first kappa shape index (κ1) is 11.5. The van der Waals surface area contributed by atoms with E-state index in [1.807, 2.05) is 12.1 Å². The molecule has 1 unspecified atom stereocenters. The van der Waals surface area contributed by atoms with Gasteiger partial charge in [0.05, 0.1) is 7.11 Å². The highest BCUT2D eigenvalue weighted by molar-refractivity contribution is 5.28. The lowest BCUT2D eigenvalue weighted by atomic mass is 9.81. The quantitative estimate of drug-likeness (QED) is 0.840. The highest BCUT2D eigenvalue weighted by atomic mass is 16.5. The Kier molecular flexibility index (Phi) is 3.49. The number of benzene rings is 1. The van der Waals surface area contributed by atoms with Gasteiger partial charge in [0.25, 0.3) is 0 Å². The smallest absolute Gasteiger partial charge is 0.118 e. The van der Waals surface area contributed by atoms with E-state index in [0.717, 1.165) is 11.7 Å². The molecule has 0 saturated heterocycles. The monoisotopic (exact) mass is 219 g/mol. The second-order valence-corrected chi connectivity index (χ2v) is 4.94. The standard InChI is InChI=1S/C14H21NO/c1-10-8-13(9-10)15-11(2)12-4-6-14(16-3)7-5-12/h4-7,10-11,13,15H,8-9H2,1-3H3. The zero-order chi connectivity index (χ0) is 11.5.